The number of carbonyl (C=O) groups is 3. The van der Waals surface area contributed by atoms with Crippen molar-refractivity contribution < 1.29 is 19.1 Å². The van der Waals surface area contributed by atoms with Gasteiger partial charge in [-0.15, -0.1) is 0 Å². The Labute approximate surface area is 230 Å². The van der Waals surface area contributed by atoms with Crippen LogP contribution in [-0.4, -0.2) is 51.6 Å². The Morgan fingerprint density at radius 2 is 1.69 bits per heavy atom. The third kappa shape index (κ3) is 6.90. The highest BCUT2D eigenvalue weighted by atomic mass is 35.5. The summed E-state index contributed by atoms with van der Waals surface area (Å²) in [6.45, 7) is 4.30. The van der Waals surface area contributed by atoms with Gasteiger partial charge in [0.2, 0.25) is 5.95 Å². The first-order valence-electron chi connectivity index (χ1n) is 12.5. The van der Waals surface area contributed by atoms with Gasteiger partial charge in [0, 0.05) is 29.5 Å². The van der Waals surface area contributed by atoms with E-state index in [0.717, 1.165) is 6.42 Å². The molecule has 0 radical (unpaired) electrons. The molecule has 0 saturated heterocycles. The number of urea groups is 1. The number of halogens is 1. The van der Waals surface area contributed by atoms with Gasteiger partial charge in [-0.25, -0.2) is 24.5 Å². The maximum Gasteiger partial charge on any atom is 0.331 e. The molecule has 1 aliphatic carbocycles. The predicted molar refractivity (Wildman–Crippen MR) is 148 cm³/mol. The van der Waals surface area contributed by atoms with Crippen LogP contribution in [0, 0.1) is 0 Å². The standard InChI is InChI=1S/C26H29ClN8O4/c1-3-28-25(38)34-21-12-20(32-17-8-6-16(27)7-9-17)19(15-29-21)22(36)33-18-13-30-24(31-14-18)35-26(10-5-11-26)23(37)39-4-2/h6-9,12-15H,3-5,10-11H2,1-2H3,(H,33,36)(H,30,31,35)(H3,28,29,32,34,38). The molecule has 5 N–H and O–H groups in total. The highest BCUT2D eigenvalue weighted by molar-refractivity contribution is 6.30. The highest BCUT2D eigenvalue weighted by Gasteiger charge is 2.46. The van der Waals surface area contributed by atoms with Crippen molar-refractivity contribution in [1.82, 2.24) is 20.3 Å². The molecule has 12 nitrogen and oxygen atoms in total. The van der Waals surface area contributed by atoms with Crippen molar-refractivity contribution in [2.45, 2.75) is 38.6 Å². The van der Waals surface area contributed by atoms with E-state index in [4.69, 9.17) is 16.3 Å². The second-order valence-electron chi connectivity index (χ2n) is 8.76. The van der Waals surface area contributed by atoms with Gasteiger partial charge in [0.1, 0.15) is 11.4 Å². The minimum atomic E-state index is -0.821. The van der Waals surface area contributed by atoms with Gasteiger partial charge in [0.25, 0.3) is 5.91 Å². The third-order valence-electron chi connectivity index (χ3n) is 5.98. The van der Waals surface area contributed by atoms with Gasteiger partial charge in [0.15, 0.2) is 0 Å². The fourth-order valence-corrected chi connectivity index (χ4v) is 3.99. The van der Waals surface area contributed by atoms with Crippen LogP contribution < -0.4 is 26.6 Å². The molecular weight excluding hydrogens is 524 g/mol. The van der Waals surface area contributed by atoms with E-state index < -0.39 is 17.5 Å². The first-order valence-corrected chi connectivity index (χ1v) is 12.9. The molecule has 1 saturated carbocycles. The predicted octanol–water partition coefficient (Wildman–Crippen LogP) is 4.56. The number of hydrogen-bond donors (Lipinski definition) is 5. The Morgan fingerprint density at radius 1 is 0.974 bits per heavy atom. The zero-order valence-corrected chi connectivity index (χ0v) is 22.3. The zero-order valence-electron chi connectivity index (χ0n) is 21.5. The van der Waals surface area contributed by atoms with Gasteiger partial charge >= 0.3 is 12.0 Å². The molecular formula is C26H29ClN8O4. The maximum absolute atomic E-state index is 13.2. The van der Waals surface area contributed by atoms with E-state index in [1.807, 2.05) is 0 Å². The minimum absolute atomic E-state index is 0.212. The second kappa shape index (κ2) is 12.4. The molecule has 0 aliphatic heterocycles. The Hall–Kier alpha value is -4.45. The summed E-state index contributed by atoms with van der Waals surface area (Å²) in [7, 11) is 0. The number of rotatable bonds is 10. The number of hydrogen-bond acceptors (Lipinski definition) is 9. The lowest BCUT2D eigenvalue weighted by atomic mass is 9.77. The van der Waals surface area contributed by atoms with E-state index in [1.54, 1.807) is 44.2 Å². The smallest absolute Gasteiger partial charge is 0.331 e. The average Bonchev–Trinajstić information content (AvgIpc) is 2.89. The van der Waals surface area contributed by atoms with E-state index in [2.05, 4.69) is 41.5 Å². The summed E-state index contributed by atoms with van der Waals surface area (Å²) >= 11 is 5.99. The van der Waals surface area contributed by atoms with Gasteiger partial charge in [-0.05, 0) is 57.4 Å². The van der Waals surface area contributed by atoms with Crippen LogP contribution in [0.15, 0.2) is 48.9 Å². The Kier molecular flexibility index (Phi) is 8.77. The topological polar surface area (TPSA) is 159 Å². The largest absolute Gasteiger partial charge is 0.464 e. The van der Waals surface area contributed by atoms with Gasteiger partial charge in [-0.3, -0.25) is 10.1 Å². The monoisotopic (exact) mass is 552 g/mol. The van der Waals surface area contributed by atoms with E-state index in [9.17, 15) is 14.4 Å². The van der Waals surface area contributed by atoms with Gasteiger partial charge in [-0.2, -0.15) is 0 Å². The SMILES string of the molecule is CCNC(=O)Nc1cc(Nc2ccc(Cl)cc2)c(C(=O)Nc2cnc(NC3(C(=O)OCC)CCC3)nc2)cn1. The second-order valence-corrected chi connectivity index (χ2v) is 9.20. The molecule has 0 atom stereocenters. The van der Waals surface area contributed by atoms with E-state index in [1.165, 1.54) is 18.6 Å². The normalized spacial score (nSPS) is 13.4. The molecule has 1 aliphatic rings. The number of nitrogens with one attached hydrogen (secondary N) is 5. The van der Waals surface area contributed by atoms with E-state index in [-0.39, 0.29) is 23.3 Å². The quantitative estimate of drug-likeness (QED) is 0.227. The number of carbonyl (C=O) groups excluding carboxylic acids is 3. The Bertz CT molecular complexity index is 1330. The Morgan fingerprint density at radius 3 is 2.31 bits per heavy atom. The van der Waals surface area contributed by atoms with Crippen LogP contribution in [0.4, 0.5) is 33.6 Å². The number of pyridine rings is 1. The van der Waals surface area contributed by atoms with Crippen LogP contribution in [0.1, 0.15) is 43.5 Å². The fourth-order valence-electron chi connectivity index (χ4n) is 3.87. The van der Waals surface area contributed by atoms with Crippen LogP contribution in [0.25, 0.3) is 0 Å². The molecule has 4 rings (SSSR count). The van der Waals surface area contributed by atoms with Gasteiger partial charge in [0.05, 0.1) is 35.9 Å². The molecule has 13 heteroatoms. The van der Waals surface area contributed by atoms with E-state index >= 15 is 0 Å². The van der Waals surface area contributed by atoms with Crippen LogP contribution >= 0.6 is 11.6 Å². The van der Waals surface area contributed by atoms with Crippen LogP contribution in [0.5, 0.6) is 0 Å². The number of ether oxygens (including phenoxy) is 1. The maximum atomic E-state index is 13.2. The van der Waals surface area contributed by atoms with E-state index in [0.29, 0.717) is 48.1 Å². The lowest BCUT2D eigenvalue weighted by molar-refractivity contribution is -0.151. The molecule has 3 amide bonds. The van der Waals surface area contributed by atoms with Crippen molar-refractivity contribution in [3.05, 3.63) is 59.5 Å². The van der Waals surface area contributed by atoms with Crippen molar-refractivity contribution >= 4 is 58.3 Å². The van der Waals surface area contributed by atoms with Crippen LogP contribution in [-0.2, 0) is 9.53 Å². The number of benzene rings is 1. The summed E-state index contributed by atoms with van der Waals surface area (Å²) in [5, 5.41) is 14.8. The summed E-state index contributed by atoms with van der Waals surface area (Å²) in [6, 6.07) is 8.06. The van der Waals surface area contributed by atoms with Crippen molar-refractivity contribution in [3.63, 3.8) is 0 Å². The number of nitrogens with zero attached hydrogens (tertiary/aromatic N) is 3. The van der Waals surface area contributed by atoms with Crippen molar-refractivity contribution in [1.29, 1.82) is 0 Å². The summed E-state index contributed by atoms with van der Waals surface area (Å²) < 4.78 is 5.19. The molecule has 1 fully saturated rings. The summed E-state index contributed by atoms with van der Waals surface area (Å²) in [4.78, 5) is 50.3. The average molecular weight is 553 g/mol. The van der Waals surface area contributed by atoms with Crippen molar-refractivity contribution in [3.8, 4) is 0 Å². The first kappa shape index (κ1) is 27.6. The molecule has 2 aromatic heterocycles. The molecule has 39 heavy (non-hydrogen) atoms. The zero-order chi connectivity index (χ0) is 27.8. The summed E-state index contributed by atoms with van der Waals surface area (Å²) in [5.41, 5.74) is 0.806. The van der Waals surface area contributed by atoms with Crippen molar-refractivity contribution in [2.24, 2.45) is 0 Å². The first-order chi connectivity index (χ1) is 18.8. The molecule has 3 aromatic rings. The Balaban J connectivity index is 1.50. The lowest BCUT2D eigenvalue weighted by Gasteiger charge is -2.39. The summed E-state index contributed by atoms with van der Waals surface area (Å²) in [5.74, 6) is -0.294. The molecule has 0 bridgehead atoms. The third-order valence-corrected chi connectivity index (χ3v) is 6.24. The summed E-state index contributed by atoms with van der Waals surface area (Å²) in [6.07, 6.45) is 6.40. The number of anilines is 5. The molecule has 204 valence electrons. The minimum Gasteiger partial charge on any atom is -0.464 e. The number of aromatic nitrogens is 3. The van der Waals surface area contributed by atoms with Gasteiger partial charge < -0.3 is 26.0 Å². The molecule has 1 aromatic carbocycles. The van der Waals surface area contributed by atoms with Crippen LogP contribution in [0.2, 0.25) is 5.02 Å². The molecule has 0 unspecified atom stereocenters. The number of amides is 3. The lowest BCUT2D eigenvalue weighted by Crippen LogP contribution is -2.53. The molecule has 2 heterocycles. The van der Waals surface area contributed by atoms with Crippen LogP contribution in [0.3, 0.4) is 0 Å². The van der Waals surface area contributed by atoms with Gasteiger partial charge in [-0.1, -0.05) is 11.6 Å². The number of esters is 1. The van der Waals surface area contributed by atoms with Crippen molar-refractivity contribution in [2.75, 3.05) is 34.4 Å². The fraction of sp³-hybridized carbons (Fsp3) is 0.308. The molecule has 0 spiro atoms. The highest BCUT2D eigenvalue weighted by Crippen LogP contribution is 2.36.